The van der Waals surface area contributed by atoms with E-state index >= 15 is 0 Å². The van der Waals surface area contributed by atoms with Crippen LogP contribution in [0, 0.1) is 23.2 Å². The van der Waals surface area contributed by atoms with Crippen molar-refractivity contribution >= 4 is 12.0 Å². The van der Waals surface area contributed by atoms with Crippen molar-refractivity contribution < 1.29 is 14.3 Å². The van der Waals surface area contributed by atoms with E-state index in [4.69, 9.17) is 4.74 Å². The molecule has 4 fully saturated rings. The molecule has 0 aromatic carbocycles. The summed E-state index contributed by atoms with van der Waals surface area (Å²) in [6, 6.07) is 0. The molecule has 23 heavy (non-hydrogen) atoms. The third kappa shape index (κ3) is 2.94. The van der Waals surface area contributed by atoms with Gasteiger partial charge < -0.3 is 15.0 Å². The molecule has 2 saturated heterocycles. The topological polar surface area (TPSA) is 58.6 Å². The van der Waals surface area contributed by atoms with Gasteiger partial charge in [0.15, 0.2) is 0 Å². The summed E-state index contributed by atoms with van der Waals surface area (Å²) >= 11 is 0. The molecule has 2 atom stereocenters. The van der Waals surface area contributed by atoms with Gasteiger partial charge in [0.2, 0.25) is 5.91 Å². The van der Waals surface area contributed by atoms with Gasteiger partial charge in [0, 0.05) is 25.0 Å². The smallest absolute Gasteiger partial charge is 0.407 e. The lowest BCUT2D eigenvalue weighted by Crippen LogP contribution is -2.59. The molecule has 5 heteroatoms. The molecule has 2 amide bonds. The lowest BCUT2D eigenvalue weighted by molar-refractivity contribution is -0.148. The number of hydrogen-bond donors (Lipinski definition) is 1. The van der Waals surface area contributed by atoms with E-state index in [1.165, 1.54) is 44.9 Å². The molecule has 0 radical (unpaired) electrons. The third-order valence-corrected chi connectivity index (χ3v) is 6.71. The molecule has 128 valence electrons. The molecule has 4 rings (SSSR count). The van der Waals surface area contributed by atoms with Crippen LogP contribution in [0.25, 0.3) is 0 Å². The van der Waals surface area contributed by atoms with Crippen LogP contribution in [0.15, 0.2) is 0 Å². The largest absolute Gasteiger partial charge is 0.450 e. The van der Waals surface area contributed by atoms with Gasteiger partial charge in [-0.2, -0.15) is 0 Å². The first-order chi connectivity index (χ1) is 11.2. The van der Waals surface area contributed by atoms with Gasteiger partial charge in [-0.05, 0) is 37.5 Å². The Kier molecular flexibility index (Phi) is 3.98. The molecule has 2 aliphatic carbocycles. The van der Waals surface area contributed by atoms with Crippen molar-refractivity contribution in [1.82, 2.24) is 10.2 Å². The summed E-state index contributed by atoms with van der Waals surface area (Å²) < 4.78 is 4.96. The number of nitrogens with zero attached hydrogens (tertiary/aromatic N) is 1. The molecule has 0 bridgehead atoms. The highest BCUT2D eigenvalue weighted by Gasteiger charge is 2.51. The molecule has 0 aromatic rings. The minimum Gasteiger partial charge on any atom is -0.450 e. The zero-order valence-corrected chi connectivity index (χ0v) is 13.9. The maximum absolute atomic E-state index is 12.6. The zero-order chi connectivity index (χ0) is 15.9. The minimum atomic E-state index is -0.393. The lowest BCUT2D eigenvalue weighted by atomic mass is 9.75. The number of nitrogens with one attached hydrogen (secondary N) is 1. The number of carbonyl (C=O) groups is 2. The van der Waals surface area contributed by atoms with Crippen molar-refractivity contribution in [3.63, 3.8) is 0 Å². The summed E-state index contributed by atoms with van der Waals surface area (Å²) in [6.07, 6.45) is 9.99. The molecule has 2 heterocycles. The molecule has 1 unspecified atom stereocenters. The van der Waals surface area contributed by atoms with Crippen LogP contribution in [0.1, 0.15) is 51.4 Å². The Bertz CT molecular complexity index is 481. The van der Waals surface area contributed by atoms with E-state index in [0.29, 0.717) is 25.0 Å². The summed E-state index contributed by atoms with van der Waals surface area (Å²) in [5, 5.41) is 2.68. The van der Waals surface area contributed by atoms with Gasteiger partial charge in [-0.15, -0.1) is 0 Å². The van der Waals surface area contributed by atoms with Gasteiger partial charge >= 0.3 is 6.09 Å². The molecule has 1 spiro atoms. The fourth-order valence-electron chi connectivity index (χ4n) is 5.41. The molecular formula is C18H28N2O3. The molecule has 1 N–H and O–H groups in total. The van der Waals surface area contributed by atoms with Gasteiger partial charge in [-0.3, -0.25) is 4.79 Å². The maximum Gasteiger partial charge on any atom is 0.407 e. The van der Waals surface area contributed by atoms with E-state index in [2.05, 4.69) is 5.32 Å². The first-order valence-electron chi connectivity index (χ1n) is 9.35. The number of ether oxygens (including phenoxy) is 1. The van der Waals surface area contributed by atoms with Crippen LogP contribution in [0.2, 0.25) is 0 Å². The Morgan fingerprint density at radius 3 is 2.70 bits per heavy atom. The lowest BCUT2D eigenvalue weighted by Gasteiger charge is -2.49. The standard InChI is InChI=1S/C18H28N2O3/c21-16(15-6-8-23-17(22)19-10-15)20-11-18(12-20)7-5-14(9-18)13-3-1-2-4-13/h13-15H,1-12H2,(H,19,22)/t14?,15-/m1/s1. The highest BCUT2D eigenvalue weighted by atomic mass is 16.5. The van der Waals surface area contributed by atoms with Crippen LogP contribution in [0.5, 0.6) is 0 Å². The molecule has 5 nitrogen and oxygen atoms in total. The Morgan fingerprint density at radius 2 is 1.91 bits per heavy atom. The van der Waals surface area contributed by atoms with Crippen molar-refractivity contribution in [2.45, 2.75) is 51.4 Å². The normalized spacial score (nSPS) is 33.9. The van der Waals surface area contributed by atoms with Crippen LogP contribution in [-0.4, -0.2) is 43.1 Å². The van der Waals surface area contributed by atoms with E-state index in [9.17, 15) is 9.59 Å². The van der Waals surface area contributed by atoms with Crippen molar-refractivity contribution in [3.05, 3.63) is 0 Å². The second kappa shape index (κ2) is 5.99. The second-order valence-electron chi connectivity index (χ2n) is 8.24. The molecule has 2 saturated carbocycles. The Labute approximate surface area is 138 Å². The van der Waals surface area contributed by atoms with Crippen LogP contribution in [-0.2, 0) is 9.53 Å². The highest BCUT2D eigenvalue weighted by molar-refractivity contribution is 5.81. The number of likely N-dealkylation sites (tertiary alicyclic amines) is 1. The van der Waals surface area contributed by atoms with Gasteiger partial charge in [-0.1, -0.05) is 25.7 Å². The predicted octanol–water partition coefficient (Wildman–Crippen LogP) is 2.55. The average molecular weight is 320 g/mol. The van der Waals surface area contributed by atoms with E-state index in [0.717, 1.165) is 24.9 Å². The van der Waals surface area contributed by atoms with Gasteiger partial charge in [0.05, 0.1) is 12.5 Å². The monoisotopic (exact) mass is 320 g/mol. The Balaban J connectivity index is 1.29. The number of cyclic esters (lactones) is 1. The first kappa shape index (κ1) is 15.3. The van der Waals surface area contributed by atoms with E-state index in [1.54, 1.807) is 0 Å². The van der Waals surface area contributed by atoms with Crippen LogP contribution >= 0.6 is 0 Å². The zero-order valence-electron chi connectivity index (χ0n) is 13.9. The van der Waals surface area contributed by atoms with Gasteiger partial charge in [0.25, 0.3) is 0 Å². The fourth-order valence-corrected chi connectivity index (χ4v) is 5.41. The number of amides is 2. The van der Waals surface area contributed by atoms with Crippen molar-refractivity contribution in [1.29, 1.82) is 0 Å². The molecular weight excluding hydrogens is 292 g/mol. The van der Waals surface area contributed by atoms with Crippen molar-refractivity contribution in [2.24, 2.45) is 23.2 Å². The third-order valence-electron chi connectivity index (χ3n) is 6.71. The van der Waals surface area contributed by atoms with E-state index in [1.807, 2.05) is 4.90 Å². The fraction of sp³-hybridized carbons (Fsp3) is 0.889. The minimum absolute atomic E-state index is 0.106. The summed E-state index contributed by atoms with van der Waals surface area (Å²) in [7, 11) is 0. The molecule has 4 aliphatic rings. The van der Waals surface area contributed by atoms with E-state index < -0.39 is 6.09 Å². The first-order valence-corrected chi connectivity index (χ1v) is 9.35. The number of rotatable bonds is 2. The number of alkyl carbamates (subject to hydrolysis) is 1. The summed E-state index contributed by atoms with van der Waals surface area (Å²) in [5.74, 6) is 1.99. The summed E-state index contributed by atoms with van der Waals surface area (Å²) in [6.45, 7) is 2.66. The van der Waals surface area contributed by atoms with E-state index in [-0.39, 0.29) is 11.8 Å². The maximum atomic E-state index is 12.6. The average Bonchev–Trinajstić information content (AvgIpc) is 3.13. The Morgan fingerprint density at radius 1 is 1.13 bits per heavy atom. The summed E-state index contributed by atoms with van der Waals surface area (Å²) in [4.78, 5) is 25.9. The van der Waals surface area contributed by atoms with Crippen molar-refractivity contribution in [2.75, 3.05) is 26.2 Å². The Hall–Kier alpha value is -1.26. The van der Waals surface area contributed by atoms with Gasteiger partial charge in [0.1, 0.15) is 0 Å². The quantitative estimate of drug-likeness (QED) is 0.850. The SMILES string of the molecule is O=C1NC[C@H](C(=O)N2CC3(CCC(C4CCCC4)C3)C2)CCO1. The molecule has 2 aliphatic heterocycles. The number of carbonyl (C=O) groups excluding carboxylic acids is 2. The number of hydrogen-bond acceptors (Lipinski definition) is 3. The molecule has 0 aromatic heterocycles. The van der Waals surface area contributed by atoms with Crippen LogP contribution in [0.3, 0.4) is 0 Å². The highest BCUT2D eigenvalue weighted by Crippen LogP contribution is 2.53. The second-order valence-corrected chi connectivity index (χ2v) is 8.24. The van der Waals surface area contributed by atoms with Crippen LogP contribution in [0.4, 0.5) is 4.79 Å². The van der Waals surface area contributed by atoms with Crippen molar-refractivity contribution in [3.8, 4) is 0 Å². The van der Waals surface area contributed by atoms with Gasteiger partial charge in [-0.25, -0.2) is 4.79 Å². The predicted molar refractivity (Wildman–Crippen MR) is 85.8 cm³/mol. The van der Waals surface area contributed by atoms with Crippen LogP contribution < -0.4 is 5.32 Å². The summed E-state index contributed by atoms with van der Waals surface area (Å²) in [5.41, 5.74) is 0.424.